The summed E-state index contributed by atoms with van der Waals surface area (Å²) in [6.07, 6.45) is 3.32. The van der Waals surface area contributed by atoms with Crippen LogP contribution >= 0.6 is 11.8 Å². The van der Waals surface area contributed by atoms with Crippen molar-refractivity contribution in [2.24, 2.45) is 14.1 Å². The number of fused-ring (bicyclic) bond motifs is 2. The fraction of sp³-hybridized carbons (Fsp3) is 0.524. The molecule has 1 fully saturated rings. The summed E-state index contributed by atoms with van der Waals surface area (Å²) < 4.78 is 10.7. The Bertz CT molecular complexity index is 1430. The van der Waals surface area contributed by atoms with Crippen LogP contribution in [0.1, 0.15) is 24.1 Å². The van der Waals surface area contributed by atoms with E-state index in [0.29, 0.717) is 23.9 Å². The first-order chi connectivity index (χ1) is 16.8. The van der Waals surface area contributed by atoms with Crippen molar-refractivity contribution in [2.45, 2.75) is 43.5 Å². The Morgan fingerprint density at radius 3 is 2.77 bits per heavy atom. The molecule has 0 spiro atoms. The van der Waals surface area contributed by atoms with E-state index in [2.05, 4.69) is 20.7 Å². The second-order valence-electron chi connectivity index (χ2n) is 8.66. The van der Waals surface area contributed by atoms with Gasteiger partial charge in [-0.25, -0.2) is 14.5 Å². The van der Waals surface area contributed by atoms with E-state index >= 15 is 0 Å². The molecule has 0 saturated carbocycles. The zero-order valence-electron chi connectivity index (χ0n) is 19.4. The minimum absolute atomic E-state index is 0.0311. The lowest BCUT2D eigenvalue weighted by molar-refractivity contribution is -0.122. The summed E-state index contributed by atoms with van der Waals surface area (Å²) in [5, 5.41) is 10.3. The van der Waals surface area contributed by atoms with Crippen LogP contribution in [0.3, 0.4) is 0 Å². The number of ether oxygens (including phenoxy) is 1. The van der Waals surface area contributed by atoms with E-state index in [4.69, 9.17) is 4.74 Å². The molecule has 14 heteroatoms. The topological polar surface area (TPSA) is 147 Å². The minimum Gasteiger partial charge on any atom is -0.376 e. The van der Waals surface area contributed by atoms with E-state index in [1.54, 1.807) is 11.8 Å². The van der Waals surface area contributed by atoms with E-state index in [1.807, 2.05) is 0 Å². The van der Waals surface area contributed by atoms with Crippen LogP contribution in [0.2, 0.25) is 0 Å². The lowest BCUT2D eigenvalue weighted by atomic mass is 10.2. The van der Waals surface area contributed by atoms with Gasteiger partial charge in [0, 0.05) is 44.3 Å². The Hall–Kier alpha value is -3.39. The summed E-state index contributed by atoms with van der Waals surface area (Å²) in [6, 6.07) is 0. The molecule has 35 heavy (non-hydrogen) atoms. The van der Waals surface area contributed by atoms with Gasteiger partial charge in [0.15, 0.2) is 11.2 Å². The maximum Gasteiger partial charge on any atom is 0.332 e. The lowest BCUT2D eigenvalue weighted by Gasteiger charge is -2.13. The SMILES string of the molecule is Cn1c(=O)c2c(ncn2CC(=O)Nc2c3c(nn2CC(=O)NCC2CCCO2)CSC3)n(C)c1=O. The molecule has 0 aliphatic carbocycles. The van der Waals surface area contributed by atoms with Crippen LogP contribution in [-0.4, -0.2) is 59.5 Å². The molecule has 2 aliphatic rings. The average Bonchev–Trinajstić information content (AvgIpc) is 3.62. The molecule has 5 heterocycles. The number of nitrogens with zero attached hydrogens (tertiary/aromatic N) is 6. The molecule has 0 radical (unpaired) electrons. The zero-order valence-corrected chi connectivity index (χ0v) is 20.3. The molecule has 0 bridgehead atoms. The van der Waals surface area contributed by atoms with Crippen LogP contribution < -0.4 is 21.9 Å². The summed E-state index contributed by atoms with van der Waals surface area (Å²) in [7, 11) is 2.90. The Balaban J connectivity index is 1.34. The molecule has 186 valence electrons. The third-order valence-electron chi connectivity index (χ3n) is 6.25. The van der Waals surface area contributed by atoms with E-state index in [0.717, 1.165) is 35.3 Å². The summed E-state index contributed by atoms with van der Waals surface area (Å²) >= 11 is 1.68. The number of nitrogens with one attached hydrogen (secondary N) is 2. The highest BCUT2D eigenvalue weighted by Crippen LogP contribution is 2.34. The molecular weight excluding hydrogens is 476 g/mol. The third-order valence-corrected chi connectivity index (χ3v) is 7.22. The summed E-state index contributed by atoms with van der Waals surface area (Å²) in [5.41, 5.74) is 1.08. The molecule has 2 amide bonds. The number of amides is 2. The molecule has 13 nitrogen and oxygen atoms in total. The number of aryl methyl sites for hydroxylation is 1. The summed E-state index contributed by atoms with van der Waals surface area (Å²) in [4.78, 5) is 54.5. The van der Waals surface area contributed by atoms with Gasteiger partial charge >= 0.3 is 5.69 Å². The maximum absolute atomic E-state index is 13.0. The van der Waals surface area contributed by atoms with Crippen LogP contribution in [0.4, 0.5) is 5.82 Å². The standard InChI is InChI=1S/C21H26N8O5S/c1-26-19-17(20(32)27(2)21(26)33)28(11-23-19)7-16(31)24-18-13-9-35-10-14(13)25-29(18)8-15(30)22-6-12-4-3-5-34-12/h11-12H,3-10H2,1-2H3,(H,22,30)(H,24,31). The van der Waals surface area contributed by atoms with Gasteiger partial charge in [-0.05, 0) is 12.8 Å². The molecule has 1 unspecified atom stereocenters. The number of hydrogen-bond acceptors (Lipinski definition) is 8. The number of carbonyl (C=O) groups excluding carboxylic acids is 2. The van der Waals surface area contributed by atoms with Gasteiger partial charge in [0.2, 0.25) is 11.8 Å². The lowest BCUT2D eigenvalue weighted by Crippen LogP contribution is -2.38. The zero-order chi connectivity index (χ0) is 24.7. The number of hydrogen-bond donors (Lipinski definition) is 2. The van der Waals surface area contributed by atoms with Crippen molar-refractivity contribution >= 4 is 40.6 Å². The minimum atomic E-state index is -0.529. The van der Waals surface area contributed by atoms with E-state index in [-0.39, 0.29) is 36.3 Å². The number of anilines is 1. The number of imidazole rings is 1. The Morgan fingerprint density at radius 2 is 2.00 bits per heavy atom. The second kappa shape index (κ2) is 9.34. The molecule has 3 aromatic heterocycles. The Labute approximate surface area is 203 Å². The fourth-order valence-electron chi connectivity index (χ4n) is 4.39. The third kappa shape index (κ3) is 4.38. The van der Waals surface area contributed by atoms with Crippen molar-refractivity contribution in [3.63, 3.8) is 0 Å². The summed E-state index contributed by atoms with van der Waals surface area (Å²) in [5.74, 6) is 1.25. The maximum atomic E-state index is 13.0. The second-order valence-corrected chi connectivity index (χ2v) is 9.65. The van der Waals surface area contributed by atoms with Crippen LogP contribution in [0, 0.1) is 0 Å². The van der Waals surface area contributed by atoms with Gasteiger partial charge in [-0.3, -0.25) is 23.5 Å². The van der Waals surface area contributed by atoms with E-state index in [9.17, 15) is 19.2 Å². The van der Waals surface area contributed by atoms with Gasteiger partial charge in [-0.1, -0.05) is 0 Å². The number of thioether (sulfide) groups is 1. The monoisotopic (exact) mass is 502 g/mol. The molecule has 1 saturated heterocycles. The first-order valence-corrected chi connectivity index (χ1v) is 12.4. The fourth-order valence-corrected chi connectivity index (χ4v) is 5.42. The van der Waals surface area contributed by atoms with Crippen molar-refractivity contribution in [3.8, 4) is 0 Å². The highest BCUT2D eigenvalue weighted by Gasteiger charge is 2.26. The highest BCUT2D eigenvalue weighted by atomic mass is 32.2. The van der Waals surface area contributed by atoms with Crippen molar-refractivity contribution in [1.82, 2.24) is 33.8 Å². The summed E-state index contributed by atoms with van der Waals surface area (Å²) in [6.45, 7) is 0.941. The van der Waals surface area contributed by atoms with Crippen molar-refractivity contribution in [2.75, 3.05) is 18.5 Å². The van der Waals surface area contributed by atoms with Crippen LogP contribution in [0.5, 0.6) is 0 Å². The quantitative estimate of drug-likeness (QED) is 0.432. The molecule has 0 aromatic carbocycles. The average molecular weight is 503 g/mol. The molecule has 1 atom stereocenters. The molecular formula is C21H26N8O5S. The van der Waals surface area contributed by atoms with Gasteiger partial charge in [-0.15, -0.1) is 0 Å². The van der Waals surface area contributed by atoms with Crippen molar-refractivity contribution in [1.29, 1.82) is 0 Å². The first-order valence-electron chi connectivity index (χ1n) is 11.3. The van der Waals surface area contributed by atoms with Crippen molar-refractivity contribution in [3.05, 3.63) is 38.4 Å². The first kappa shape index (κ1) is 23.4. The molecule has 2 N–H and O–H groups in total. The van der Waals surface area contributed by atoms with Gasteiger partial charge in [0.1, 0.15) is 18.9 Å². The predicted octanol–water partition coefficient (Wildman–Crippen LogP) is -0.689. The highest BCUT2D eigenvalue weighted by molar-refractivity contribution is 7.98. The Kier molecular flexibility index (Phi) is 6.23. The molecule has 2 aliphatic heterocycles. The molecule has 3 aromatic rings. The number of rotatable bonds is 7. The van der Waals surface area contributed by atoms with Crippen LogP contribution in [0.25, 0.3) is 11.2 Å². The smallest absolute Gasteiger partial charge is 0.332 e. The number of aromatic nitrogens is 6. The number of carbonyl (C=O) groups is 2. The van der Waals surface area contributed by atoms with Gasteiger partial charge in [0.25, 0.3) is 5.56 Å². The van der Waals surface area contributed by atoms with Gasteiger partial charge in [0.05, 0.1) is 18.1 Å². The Morgan fingerprint density at radius 1 is 1.17 bits per heavy atom. The van der Waals surface area contributed by atoms with E-state index in [1.165, 1.54) is 34.2 Å². The predicted molar refractivity (Wildman–Crippen MR) is 128 cm³/mol. The van der Waals surface area contributed by atoms with Gasteiger partial charge in [-0.2, -0.15) is 16.9 Å². The van der Waals surface area contributed by atoms with Crippen LogP contribution in [0.15, 0.2) is 15.9 Å². The van der Waals surface area contributed by atoms with Crippen LogP contribution in [-0.2, 0) is 53.0 Å². The van der Waals surface area contributed by atoms with Gasteiger partial charge < -0.3 is 19.9 Å². The largest absolute Gasteiger partial charge is 0.376 e. The normalized spacial score (nSPS) is 17.1. The molecule has 5 rings (SSSR count). The van der Waals surface area contributed by atoms with E-state index < -0.39 is 17.2 Å². The van der Waals surface area contributed by atoms with Crippen molar-refractivity contribution < 1.29 is 14.3 Å².